The number of rotatable bonds is 4. The Kier molecular flexibility index (Phi) is 3.34. The lowest BCUT2D eigenvalue weighted by atomic mass is 10.1. The van der Waals surface area contributed by atoms with Crippen LogP contribution in [0.1, 0.15) is 18.3 Å². The van der Waals surface area contributed by atoms with E-state index >= 15 is 0 Å². The minimum absolute atomic E-state index is 0.168. The van der Waals surface area contributed by atoms with Crippen LogP contribution in [0.5, 0.6) is 0 Å². The molecule has 2 heterocycles. The fourth-order valence-electron chi connectivity index (χ4n) is 1.97. The first-order chi connectivity index (χ1) is 9.72. The van der Waals surface area contributed by atoms with Crippen LogP contribution in [0, 0.1) is 0 Å². The van der Waals surface area contributed by atoms with Gasteiger partial charge in [0.05, 0.1) is 0 Å². The topological polar surface area (TPSA) is 82.7 Å². The van der Waals surface area contributed by atoms with Crippen LogP contribution in [0.15, 0.2) is 30.5 Å². The van der Waals surface area contributed by atoms with Crippen molar-refractivity contribution in [2.24, 2.45) is 0 Å². The van der Waals surface area contributed by atoms with Crippen LogP contribution < -0.4 is 10.9 Å². The number of hydrazine groups is 1. The highest BCUT2D eigenvalue weighted by molar-refractivity contribution is 7.09. The molecule has 0 saturated heterocycles. The third kappa shape index (κ3) is 2.62. The molecule has 0 saturated carbocycles. The first kappa shape index (κ1) is 12.6. The zero-order chi connectivity index (χ0) is 13.9. The van der Waals surface area contributed by atoms with E-state index in [2.05, 4.69) is 31.3 Å². The molecular weight excluding hydrogens is 274 g/mol. The summed E-state index contributed by atoms with van der Waals surface area (Å²) in [6.07, 6.45) is 2.63. The highest BCUT2D eigenvalue weighted by Crippen LogP contribution is 2.21. The van der Waals surface area contributed by atoms with Gasteiger partial charge in [-0.1, -0.05) is 18.2 Å². The summed E-state index contributed by atoms with van der Waals surface area (Å²) in [5.41, 5.74) is 7.46. The molecular formula is C13H13N5OS. The molecule has 20 heavy (non-hydrogen) atoms. The standard InChI is InChI=1S/C13H13N5OS/c1-8(19)16-17-13-15-12(18-20-13)6-9-7-14-11-5-3-2-4-10(9)11/h2-5,7,14H,6H2,1H3,(H,16,19)(H,15,17,18). The first-order valence-corrected chi connectivity index (χ1v) is 6.90. The summed E-state index contributed by atoms with van der Waals surface area (Å²) < 4.78 is 4.28. The molecule has 6 nitrogen and oxygen atoms in total. The molecule has 3 N–H and O–H groups in total. The predicted octanol–water partition coefficient (Wildman–Crippen LogP) is 2.07. The van der Waals surface area contributed by atoms with Gasteiger partial charge in [0, 0.05) is 42.0 Å². The summed E-state index contributed by atoms with van der Waals surface area (Å²) in [6, 6.07) is 8.12. The van der Waals surface area contributed by atoms with E-state index < -0.39 is 0 Å². The molecule has 0 atom stereocenters. The maximum atomic E-state index is 10.8. The summed E-state index contributed by atoms with van der Waals surface area (Å²) in [5.74, 6) is 0.561. The first-order valence-electron chi connectivity index (χ1n) is 6.12. The molecule has 3 aromatic rings. The number of nitrogens with zero attached hydrogens (tertiary/aromatic N) is 2. The molecule has 0 fully saturated rings. The Morgan fingerprint density at radius 1 is 1.40 bits per heavy atom. The van der Waals surface area contributed by atoms with Gasteiger partial charge in [0.2, 0.25) is 11.0 Å². The zero-order valence-electron chi connectivity index (χ0n) is 10.8. The predicted molar refractivity (Wildman–Crippen MR) is 78.5 cm³/mol. The molecule has 2 aromatic heterocycles. The van der Waals surface area contributed by atoms with Crippen molar-refractivity contribution < 1.29 is 4.79 Å². The average molecular weight is 287 g/mol. The lowest BCUT2D eigenvalue weighted by Crippen LogP contribution is -2.26. The van der Waals surface area contributed by atoms with Crippen molar-refractivity contribution >= 4 is 33.5 Å². The molecule has 0 aliphatic carbocycles. The summed E-state index contributed by atoms with van der Waals surface area (Å²) in [7, 11) is 0. The average Bonchev–Trinajstić information content (AvgIpc) is 3.05. The van der Waals surface area contributed by atoms with Crippen molar-refractivity contribution in [2.75, 3.05) is 5.43 Å². The molecule has 0 aliphatic heterocycles. The lowest BCUT2D eigenvalue weighted by Gasteiger charge is -1.99. The van der Waals surface area contributed by atoms with Gasteiger partial charge >= 0.3 is 0 Å². The van der Waals surface area contributed by atoms with Crippen LogP contribution in [0.4, 0.5) is 5.13 Å². The van der Waals surface area contributed by atoms with Gasteiger partial charge in [0.1, 0.15) is 5.82 Å². The second kappa shape index (κ2) is 5.30. The SMILES string of the molecule is CC(=O)NNc1nc(Cc2c[nH]c3ccccc23)ns1. The number of anilines is 1. The van der Waals surface area contributed by atoms with E-state index in [1.165, 1.54) is 23.8 Å². The minimum Gasteiger partial charge on any atom is -0.361 e. The highest BCUT2D eigenvalue weighted by Gasteiger charge is 2.08. The molecule has 1 aromatic carbocycles. The van der Waals surface area contributed by atoms with E-state index in [4.69, 9.17) is 0 Å². The van der Waals surface area contributed by atoms with E-state index in [-0.39, 0.29) is 5.91 Å². The molecule has 0 radical (unpaired) electrons. The van der Waals surface area contributed by atoms with E-state index in [0.717, 1.165) is 16.9 Å². The molecule has 3 rings (SSSR count). The van der Waals surface area contributed by atoms with Crippen molar-refractivity contribution in [1.82, 2.24) is 19.8 Å². The Balaban J connectivity index is 1.76. The van der Waals surface area contributed by atoms with Gasteiger partial charge in [0.25, 0.3) is 0 Å². The van der Waals surface area contributed by atoms with Gasteiger partial charge in [-0.15, -0.1) is 0 Å². The largest absolute Gasteiger partial charge is 0.361 e. The fraction of sp³-hybridized carbons (Fsp3) is 0.154. The van der Waals surface area contributed by atoms with Crippen molar-refractivity contribution in [3.63, 3.8) is 0 Å². The smallest absolute Gasteiger partial charge is 0.235 e. The lowest BCUT2D eigenvalue weighted by molar-refractivity contribution is -0.118. The second-order valence-electron chi connectivity index (χ2n) is 4.36. The number of aromatic nitrogens is 3. The molecule has 0 bridgehead atoms. The van der Waals surface area contributed by atoms with Gasteiger partial charge in [-0.05, 0) is 11.6 Å². The summed E-state index contributed by atoms with van der Waals surface area (Å²) >= 11 is 1.22. The number of hydrogen-bond acceptors (Lipinski definition) is 5. The monoisotopic (exact) mass is 287 g/mol. The number of carbonyl (C=O) groups excluding carboxylic acids is 1. The normalized spacial score (nSPS) is 10.7. The van der Waals surface area contributed by atoms with Gasteiger partial charge in [-0.2, -0.15) is 4.37 Å². The molecule has 102 valence electrons. The van der Waals surface area contributed by atoms with E-state index in [1.807, 2.05) is 24.4 Å². The minimum atomic E-state index is -0.168. The van der Waals surface area contributed by atoms with E-state index in [9.17, 15) is 4.79 Å². The Labute approximate surface area is 119 Å². The van der Waals surface area contributed by atoms with Crippen LogP contribution in [0.2, 0.25) is 0 Å². The number of para-hydroxylation sites is 1. The van der Waals surface area contributed by atoms with Crippen molar-refractivity contribution in [1.29, 1.82) is 0 Å². The van der Waals surface area contributed by atoms with Crippen LogP contribution in [-0.4, -0.2) is 20.2 Å². The number of amides is 1. The van der Waals surface area contributed by atoms with Crippen LogP contribution >= 0.6 is 11.5 Å². The number of hydrogen-bond donors (Lipinski definition) is 3. The van der Waals surface area contributed by atoms with E-state index in [0.29, 0.717) is 11.6 Å². The van der Waals surface area contributed by atoms with Crippen LogP contribution in [0.25, 0.3) is 10.9 Å². The number of benzene rings is 1. The van der Waals surface area contributed by atoms with Gasteiger partial charge in [0.15, 0.2) is 0 Å². The third-order valence-electron chi connectivity index (χ3n) is 2.84. The summed E-state index contributed by atoms with van der Waals surface area (Å²) in [5, 5.41) is 1.76. The Hall–Kier alpha value is -2.41. The maximum absolute atomic E-state index is 10.8. The Morgan fingerprint density at radius 3 is 3.10 bits per heavy atom. The van der Waals surface area contributed by atoms with Crippen molar-refractivity contribution in [3.8, 4) is 0 Å². The Morgan fingerprint density at radius 2 is 2.25 bits per heavy atom. The second-order valence-corrected chi connectivity index (χ2v) is 5.11. The Bertz CT molecular complexity index is 748. The molecule has 7 heteroatoms. The number of aromatic amines is 1. The van der Waals surface area contributed by atoms with Crippen molar-refractivity contribution in [2.45, 2.75) is 13.3 Å². The van der Waals surface area contributed by atoms with Gasteiger partial charge in [-0.3, -0.25) is 15.6 Å². The number of fused-ring (bicyclic) bond motifs is 1. The molecule has 0 aliphatic rings. The molecule has 1 amide bonds. The fourth-order valence-corrected chi connectivity index (χ4v) is 2.51. The highest BCUT2D eigenvalue weighted by atomic mass is 32.1. The zero-order valence-corrected chi connectivity index (χ0v) is 11.6. The van der Waals surface area contributed by atoms with Gasteiger partial charge in [-0.25, -0.2) is 4.98 Å². The number of carbonyl (C=O) groups is 1. The molecule has 0 spiro atoms. The van der Waals surface area contributed by atoms with Gasteiger partial charge < -0.3 is 4.98 Å². The summed E-state index contributed by atoms with van der Waals surface area (Å²) in [4.78, 5) is 18.4. The molecule has 0 unspecified atom stereocenters. The van der Waals surface area contributed by atoms with E-state index in [1.54, 1.807) is 0 Å². The van der Waals surface area contributed by atoms with Crippen LogP contribution in [-0.2, 0) is 11.2 Å². The van der Waals surface area contributed by atoms with Crippen LogP contribution in [0.3, 0.4) is 0 Å². The third-order valence-corrected chi connectivity index (χ3v) is 3.51. The quantitative estimate of drug-likeness (QED) is 0.642. The maximum Gasteiger partial charge on any atom is 0.235 e. The number of nitrogens with one attached hydrogen (secondary N) is 3. The number of H-pyrrole nitrogens is 1. The van der Waals surface area contributed by atoms with Crippen molar-refractivity contribution in [3.05, 3.63) is 41.9 Å². The summed E-state index contributed by atoms with van der Waals surface area (Å²) in [6.45, 7) is 1.43.